The molecule has 5 nitrogen and oxygen atoms in total. The largest absolute Gasteiger partial charge is 0.497 e. The summed E-state index contributed by atoms with van der Waals surface area (Å²) in [5.74, 6) is 2.14. The predicted octanol–water partition coefficient (Wildman–Crippen LogP) is 3.20. The van der Waals surface area contributed by atoms with Gasteiger partial charge in [-0.1, -0.05) is 42.5 Å². The Morgan fingerprint density at radius 2 is 1.96 bits per heavy atom. The fourth-order valence-corrected chi connectivity index (χ4v) is 3.25. The monoisotopic (exact) mass is 332 g/mol. The van der Waals surface area contributed by atoms with Crippen LogP contribution in [0.3, 0.4) is 0 Å². The van der Waals surface area contributed by atoms with Gasteiger partial charge < -0.3 is 9.64 Å². The molecule has 126 valence electrons. The normalized spacial score (nSPS) is 16.4. The van der Waals surface area contributed by atoms with Gasteiger partial charge in [0.05, 0.1) is 25.9 Å². The lowest BCUT2D eigenvalue weighted by atomic mass is 10.1. The number of ether oxygens (including phenoxy) is 1. The summed E-state index contributed by atoms with van der Waals surface area (Å²) in [6, 6.07) is 18.2. The summed E-state index contributed by atoms with van der Waals surface area (Å²) in [4.78, 5) is 8.81. The number of nitrogens with zero attached hydrogens (tertiary/aromatic N) is 3. The Balaban J connectivity index is 1.66. The van der Waals surface area contributed by atoms with Crippen LogP contribution in [0.1, 0.15) is 11.1 Å². The average Bonchev–Trinajstić information content (AvgIpc) is 3.14. The molecule has 0 unspecified atom stereocenters. The summed E-state index contributed by atoms with van der Waals surface area (Å²) < 4.78 is 5.31. The van der Waals surface area contributed by atoms with Crippen LogP contribution in [0.2, 0.25) is 0 Å². The molecule has 0 spiro atoms. The van der Waals surface area contributed by atoms with E-state index in [1.165, 1.54) is 0 Å². The Kier molecular flexibility index (Phi) is 3.98. The third-order valence-electron chi connectivity index (χ3n) is 4.46. The standard InChI is InChI=1S/C20H20N4O/c1-25-17-9-5-6-15(12-17)14-24-19(21)13-18(16-7-3-2-4-8-16)23-11-10-22-20(23)24/h2-9,12-13,21H,10-11,14H2,1H3. The minimum absolute atomic E-state index is 0.457. The van der Waals surface area contributed by atoms with E-state index in [0.717, 1.165) is 41.6 Å². The number of amidine groups is 1. The van der Waals surface area contributed by atoms with Gasteiger partial charge in [-0.25, -0.2) is 0 Å². The number of hydrogen-bond donors (Lipinski definition) is 1. The van der Waals surface area contributed by atoms with Gasteiger partial charge in [0, 0.05) is 12.6 Å². The summed E-state index contributed by atoms with van der Waals surface area (Å²) in [7, 11) is 1.67. The van der Waals surface area contributed by atoms with E-state index in [2.05, 4.69) is 22.0 Å². The fraction of sp³-hybridized carbons (Fsp3) is 0.200. The van der Waals surface area contributed by atoms with Crippen LogP contribution in [0.4, 0.5) is 0 Å². The highest BCUT2D eigenvalue weighted by atomic mass is 16.5. The van der Waals surface area contributed by atoms with Crippen molar-refractivity contribution >= 4 is 17.5 Å². The lowest BCUT2D eigenvalue weighted by Gasteiger charge is -2.36. The molecule has 0 saturated heterocycles. The number of aliphatic imine (C=N–C) groups is 1. The fourth-order valence-electron chi connectivity index (χ4n) is 3.25. The van der Waals surface area contributed by atoms with Gasteiger partial charge in [0.25, 0.3) is 0 Å². The Morgan fingerprint density at radius 1 is 1.12 bits per heavy atom. The number of rotatable bonds is 4. The van der Waals surface area contributed by atoms with E-state index in [0.29, 0.717) is 12.4 Å². The molecule has 0 aliphatic carbocycles. The van der Waals surface area contributed by atoms with Crippen molar-refractivity contribution in [1.29, 1.82) is 5.41 Å². The van der Waals surface area contributed by atoms with Gasteiger partial charge in [-0.05, 0) is 23.3 Å². The van der Waals surface area contributed by atoms with Crippen molar-refractivity contribution in [1.82, 2.24) is 9.80 Å². The number of fused-ring (bicyclic) bond motifs is 1. The molecule has 0 atom stereocenters. The zero-order valence-electron chi connectivity index (χ0n) is 14.1. The first kappa shape index (κ1) is 15.4. The molecule has 0 radical (unpaired) electrons. The summed E-state index contributed by atoms with van der Waals surface area (Å²) in [5.41, 5.74) is 3.25. The second-order valence-corrected chi connectivity index (χ2v) is 6.05. The molecule has 25 heavy (non-hydrogen) atoms. The van der Waals surface area contributed by atoms with Crippen LogP contribution in [-0.2, 0) is 6.54 Å². The molecule has 2 heterocycles. The molecular formula is C20H20N4O. The van der Waals surface area contributed by atoms with Crippen molar-refractivity contribution in [2.75, 3.05) is 20.2 Å². The lowest BCUT2D eigenvalue weighted by Crippen LogP contribution is -2.47. The van der Waals surface area contributed by atoms with E-state index in [9.17, 15) is 0 Å². The lowest BCUT2D eigenvalue weighted by molar-refractivity contribution is 0.413. The van der Waals surface area contributed by atoms with Crippen LogP contribution in [0, 0.1) is 5.41 Å². The topological polar surface area (TPSA) is 51.9 Å². The molecule has 0 amide bonds. The van der Waals surface area contributed by atoms with Gasteiger partial charge in [-0.3, -0.25) is 15.3 Å². The van der Waals surface area contributed by atoms with Crippen LogP contribution in [-0.4, -0.2) is 41.8 Å². The van der Waals surface area contributed by atoms with E-state index in [4.69, 9.17) is 10.1 Å². The Bertz CT molecular complexity index is 857. The smallest absolute Gasteiger partial charge is 0.207 e. The van der Waals surface area contributed by atoms with Gasteiger partial charge in [-0.2, -0.15) is 0 Å². The molecular weight excluding hydrogens is 312 g/mol. The van der Waals surface area contributed by atoms with Crippen LogP contribution in [0.25, 0.3) is 5.70 Å². The summed E-state index contributed by atoms with van der Waals surface area (Å²) in [6.45, 7) is 2.20. The third-order valence-corrected chi connectivity index (χ3v) is 4.46. The maximum absolute atomic E-state index is 8.54. The van der Waals surface area contributed by atoms with Crippen molar-refractivity contribution in [3.8, 4) is 5.75 Å². The molecule has 0 fully saturated rings. The minimum atomic E-state index is 0.457. The minimum Gasteiger partial charge on any atom is -0.497 e. The van der Waals surface area contributed by atoms with Crippen molar-refractivity contribution in [3.63, 3.8) is 0 Å². The van der Waals surface area contributed by atoms with Gasteiger partial charge in [-0.15, -0.1) is 0 Å². The molecule has 0 saturated carbocycles. The Morgan fingerprint density at radius 3 is 2.76 bits per heavy atom. The van der Waals surface area contributed by atoms with Crippen LogP contribution >= 0.6 is 0 Å². The van der Waals surface area contributed by atoms with Crippen molar-refractivity contribution in [2.45, 2.75) is 6.54 Å². The number of methoxy groups -OCH3 is 1. The highest BCUT2D eigenvalue weighted by Gasteiger charge is 2.32. The van der Waals surface area contributed by atoms with Crippen LogP contribution in [0.5, 0.6) is 5.75 Å². The van der Waals surface area contributed by atoms with Crippen molar-refractivity contribution < 1.29 is 4.74 Å². The molecule has 2 aromatic rings. The number of hydrogen-bond acceptors (Lipinski definition) is 4. The molecule has 2 aliphatic heterocycles. The number of nitrogens with one attached hydrogen (secondary N) is 1. The molecule has 4 rings (SSSR count). The summed E-state index contributed by atoms with van der Waals surface area (Å²) in [5, 5.41) is 8.54. The molecule has 0 aromatic heterocycles. The van der Waals surface area contributed by atoms with Crippen LogP contribution in [0.15, 0.2) is 65.7 Å². The SMILES string of the molecule is COc1cccc(CN2C(=N)C=C(c3ccccc3)N3CCN=C23)c1. The van der Waals surface area contributed by atoms with E-state index in [-0.39, 0.29) is 0 Å². The van der Waals surface area contributed by atoms with E-state index in [1.54, 1.807) is 7.11 Å². The van der Waals surface area contributed by atoms with Crippen molar-refractivity contribution in [3.05, 3.63) is 71.8 Å². The zero-order chi connectivity index (χ0) is 17.2. The van der Waals surface area contributed by atoms with E-state index < -0.39 is 0 Å². The molecule has 2 aliphatic rings. The van der Waals surface area contributed by atoms with Gasteiger partial charge in [0.1, 0.15) is 11.6 Å². The summed E-state index contributed by atoms with van der Waals surface area (Å²) >= 11 is 0. The maximum atomic E-state index is 8.54. The Hall–Kier alpha value is -3.08. The maximum Gasteiger partial charge on any atom is 0.207 e. The summed E-state index contributed by atoms with van der Waals surface area (Å²) in [6.07, 6.45) is 1.93. The average molecular weight is 332 g/mol. The Labute approximate surface area is 147 Å². The molecule has 1 N–H and O–H groups in total. The highest BCUT2D eigenvalue weighted by Crippen LogP contribution is 2.28. The first-order chi connectivity index (χ1) is 12.3. The highest BCUT2D eigenvalue weighted by molar-refractivity contribution is 6.13. The second kappa shape index (κ2) is 6.43. The number of guanidine groups is 1. The first-order valence-corrected chi connectivity index (χ1v) is 8.34. The first-order valence-electron chi connectivity index (χ1n) is 8.34. The van der Waals surface area contributed by atoms with Gasteiger partial charge in [0.2, 0.25) is 5.96 Å². The van der Waals surface area contributed by atoms with E-state index in [1.807, 2.05) is 53.4 Å². The van der Waals surface area contributed by atoms with Crippen LogP contribution < -0.4 is 4.74 Å². The van der Waals surface area contributed by atoms with E-state index >= 15 is 0 Å². The zero-order valence-corrected chi connectivity index (χ0v) is 14.1. The number of benzene rings is 2. The predicted molar refractivity (Wildman–Crippen MR) is 99.7 cm³/mol. The van der Waals surface area contributed by atoms with Gasteiger partial charge >= 0.3 is 0 Å². The quantitative estimate of drug-likeness (QED) is 0.935. The third kappa shape index (κ3) is 2.89. The molecule has 0 bridgehead atoms. The van der Waals surface area contributed by atoms with Gasteiger partial charge in [0.15, 0.2) is 0 Å². The van der Waals surface area contributed by atoms with Crippen molar-refractivity contribution in [2.24, 2.45) is 4.99 Å². The molecule has 5 heteroatoms. The second-order valence-electron chi connectivity index (χ2n) is 6.05. The molecule has 2 aromatic carbocycles.